The van der Waals surface area contributed by atoms with Crippen LogP contribution in [0.5, 0.6) is 0 Å². The standard InChI is InChI=1S/C12H16ClN3S/c1-8(10-4-5-17-7-10)14-6-11-9(2)15-16(3)12(11)13/h4-5,7-8,14H,6H2,1-3H3. The molecule has 0 fully saturated rings. The Hall–Kier alpha value is -0.840. The lowest BCUT2D eigenvalue weighted by Gasteiger charge is -2.12. The van der Waals surface area contributed by atoms with Crippen LogP contribution in [0.3, 0.4) is 0 Å². The first-order chi connectivity index (χ1) is 8.09. The van der Waals surface area contributed by atoms with Crippen LogP contribution in [0.1, 0.15) is 29.8 Å². The van der Waals surface area contributed by atoms with Gasteiger partial charge in [0.1, 0.15) is 5.15 Å². The molecule has 0 aliphatic heterocycles. The van der Waals surface area contributed by atoms with Crippen molar-refractivity contribution in [1.82, 2.24) is 15.1 Å². The second-order valence-corrected chi connectivity index (χ2v) is 5.28. The summed E-state index contributed by atoms with van der Waals surface area (Å²) in [4.78, 5) is 0. The Labute approximate surface area is 110 Å². The van der Waals surface area contributed by atoms with Gasteiger partial charge < -0.3 is 5.32 Å². The van der Waals surface area contributed by atoms with E-state index in [1.54, 1.807) is 16.0 Å². The lowest BCUT2D eigenvalue weighted by atomic mass is 10.1. The molecule has 17 heavy (non-hydrogen) atoms. The summed E-state index contributed by atoms with van der Waals surface area (Å²) in [5, 5.41) is 12.7. The molecule has 0 aromatic carbocycles. The molecule has 0 saturated heterocycles. The number of hydrogen-bond acceptors (Lipinski definition) is 3. The summed E-state index contributed by atoms with van der Waals surface area (Å²) in [6.07, 6.45) is 0. The van der Waals surface area contributed by atoms with Gasteiger partial charge in [0.25, 0.3) is 0 Å². The maximum atomic E-state index is 6.18. The zero-order valence-electron chi connectivity index (χ0n) is 10.2. The largest absolute Gasteiger partial charge is 0.306 e. The minimum atomic E-state index is 0.330. The van der Waals surface area contributed by atoms with Crippen LogP contribution >= 0.6 is 22.9 Å². The first kappa shape index (κ1) is 12.6. The molecule has 3 nitrogen and oxygen atoms in total. The predicted octanol–water partition coefficient (Wildman–Crippen LogP) is 3.29. The smallest absolute Gasteiger partial charge is 0.131 e. The monoisotopic (exact) mass is 269 g/mol. The number of thiophene rings is 1. The van der Waals surface area contributed by atoms with Crippen LogP contribution < -0.4 is 5.32 Å². The number of aromatic nitrogens is 2. The van der Waals surface area contributed by atoms with Crippen LogP contribution in [0.4, 0.5) is 0 Å². The average molecular weight is 270 g/mol. The normalized spacial score (nSPS) is 12.9. The van der Waals surface area contributed by atoms with Gasteiger partial charge in [0, 0.05) is 25.2 Å². The zero-order valence-corrected chi connectivity index (χ0v) is 11.8. The van der Waals surface area contributed by atoms with Crippen LogP contribution in [0.2, 0.25) is 5.15 Å². The summed E-state index contributed by atoms with van der Waals surface area (Å²) < 4.78 is 1.71. The Morgan fingerprint density at radius 1 is 1.59 bits per heavy atom. The molecule has 1 unspecified atom stereocenters. The van der Waals surface area contributed by atoms with E-state index in [1.807, 2.05) is 14.0 Å². The van der Waals surface area contributed by atoms with E-state index >= 15 is 0 Å². The Morgan fingerprint density at radius 2 is 2.35 bits per heavy atom. The molecule has 0 aliphatic rings. The maximum Gasteiger partial charge on any atom is 0.131 e. The van der Waals surface area contributed by atoms with E-state index in [0.717, 1.165) is 17.8 Å². The Kier molecular flexibility index (Phi) is 3.86. The summed E-state index contributed by atoms with van der Waals surface area (Å²) in [6, 6.07) is 2.47. The molecule has 5 heteroatoms. The fraction of sp³-hybridized carbons (Fsp3) is 0.417. The number of hydrogen-bond donors (Lipinski definition) is 1. The van der Waals surface area contributed by atoms with Crippen molar-refractivity contribution in [1.29, 1.82) is 0 Å². The third kappa shape index (κ3) is 2.70. The van der Waals surface area contributed by atoms with Crippen molar-refractivity contribution < 1.29 is 0 Å². The SMILES string of the molecule is Cc1nn(C)c(Cl)c1CNC(C)c1ccsc1. The minimum Gasteiger partial charge on any atom is -0.306 e. The van der Waals surface area contributed by atoms with Gasteiger partial charge in [-0.05, 0) is 36.2 Å². The van der Waals surface area contributed by atoms with Crippen LogP contribution in [-0.4, -0.2) is 9.78 Å². The van der Waals surface area contributed by atoms with Gasteiger partial charge in [0.2, 0.25) is 0 Å². The summed E-state index contributed by atoms with van der Waals surface area (Å²) in [7, 11) is 1.86. The van der Waals surface area contributed by atoms with Gasteiger partial charge in [-0.15, -0.1) is 0 Å². The molecule has 2 aromatic rings. The van der Waals surface area contributed by atoms with E-state index < -0.39 is 0 Å². The number of halogens is 1. The van der Waals surface area contributed by atoms with Crippen molar-refractivity contribution in [3.05, 3.63) is 38.8 Å². The highest BCUT2D eigenvalue weighted by atomic mass is 35.5. The number of rotatable bonds is 4. The molecule has 2 rings (SSSR count). The zero-order chi connectivity index (χ0) is 12.4. The molecule has 0 radical (unpaired) electrons. The fourth-order valence-corrected chi connectivity index (χ4v) is 2.76. The van der Waals surface area contributed by atoms with E-state index in [1.165, 1.54) is 5.56 Å². The Bertz CT molecular complexity index is 490. The van der Waals surface area contributed by atoms with E-state index in [4.69, 9.17) is 11.6 Å². The van der Waals surface area contributed by atoms with Crippen molar-refractivity contribution in [2.45, 2.75) is 26.4 Å². The van der Waals surface area contributed by atoms with Gasteiger partial charge in [-0.3, -0.25) is 4.68 Å². The van der Waals surface area contributed by atoms with Gasteiger partial charge in [-0.2, -0.15) is 16.4 Å². The second-order valence-electron chi connectivity index (χ2n) is 4.14. The molecule has 0 saturated carbocycles. The molecule has 1 atom stereocenters. The highest BCUT2D eigenvalue weighted by Crippen LogP contribution is 2.21. The van der Waals surface area contributed by atoms with E-state index in [9.17, 15) is 0 Å². The first-order valence-corrected chi connectivity index (χ1v) is 6.85. The van der Waals surface area contributed by atoms with Crippen LogP contribution in [-0.2, 0) is 13.6 Å². The molecule has 1 N–H and O–H groups in total. The maximum absolute atomic E-state index is 6.18. The predicted molar refractivity (Wildman–Crippen MR) is 72.5 cm³/mol. The van der Waals surface area contributed by atoms with Gasteiger partial charge in [0.05, 0.1) is 5.69 Å². The van der Waals surface area contributed by atoms with Crippen LogP contribution in [0.25, 0.3) is 0 Å². The number of nitrogens with one attached hydrogen (secondary N) is 1. The van der Waals surface area contributed by atoms with Crippen LogP contribution in [0.15, 0.2) is 16.8 Å². The average Bonchev–Trinajstić information content (AvgIpc) is 2.88. The second kappa shape index (κ2) is 5.21. The molecular formula is C12H16ClN3S. The lowest BCUT2D eigenvalue weighted by molar-refractivity contribution is 0.575. The fourth-order valence-electron chi connectivity index (χ4n) is 1.77. The third-order valence-electron chi connectivity index (χ3n) is 2.90. The molecule has 2 heterocycles. The van der Waals surface area contributed by atoms with Crippen molar-refractivity contribution >= 4 is 22.9 Å². The number of nitrogens with zero attached hydrogens (tertiary/aromatic N) is 2. The quantitative estimate of drug-likeness (QED) is 0.923. The van der Waals surface area contributed by atoms with Crippen LogP contribution in [0, 0.1) is 6.92 Å². The van der Waals surface area contributed by atoms with Gasteiger partial charge >= 0.3 is 0 Å². The van der Waals surface area contributed by atoms with Crippen molar-refractivity contribution in [3.8, 4) is 0 Å². The number of aryl methyl sites for hydroxylation is 2. The summed E-state index contributed by atoms with van der Waals surface area (Å²) in [5.41, 5.74) is 3.38. The molecule has 92 valence electrons. The van der Waals surface area contributed by atoms with E-state index in [2.05, 4.69) is 34.2 Å². The van der Waals surface area contributed by atoms with Gasteiger partial charge in [0.15, 0.2) is 0 Å². The molecule has 2 aromatic heterocycles. The lowest BCUT2D eigenvalue weighted by Crippen LogP contribution is -2.18. The van der Waals surface area contributed by atoms with Crippen molar-refractivity contribution in [2.75, 3.05) is 0 Å². The summed E-state index contributed by atoms with van der Waals surface area (Å²) in [6.45, 7) is 4.88. The Morgan fingerprint density at radius 3 is 2.88 bits per heavy atom. The van der Waals surface area contributed by atoms with Gasteiger partial charge in [-0.25, -0.2) is 0 Å². The molecule has 0 amide bonds. The molecular weight excluding hydrogens is 254 g/mol. The van der Waals surface area contributed by atoms with E-state index in [-0.39, 0.29) is 0 Å². The third-order valence-corrected chi connectivity index (χ3v) is 4.07. The molecule has 0 bridgehead atoms. The van der Waals surface area contributed by atoms with Crippen molar-refractivity contribution in [2.24, 2.45) is 7.05 Å². The minimum absolute atomic E-state index is 0.330. The van der Waals surface area contributed by atoms with E-state index in [0.29, 0.717) is 11.2 Å². The van der Waals surface area contributed by atoms with Gasteiger partial charge in [-0.1, -0.05) is 11.6 Å². The molecule has 0 spiro atoms. The topological polar surface area (TPSA) is 29.9 Å². The first-order valence-electron chi connectivity index (χ1n) is 5.53. The van der Waals surface area contributed by atoms with Crippen molar-refractivity contribution in [3.63, 3.8) is 0 Å². The highest BCUT2D eigenvalue weighted by molar-refractivity contribution is 7.07. The highest BCUT2D eigenvalue weighted by Gasteiger charge is 2.12. The summed E-state index contributed by atoms with van der Waals surface area (Å²) >= 11 is 7.90. The Balaban J connectivity index is 2.03. The summed E-state index contributed by atoms with van der Waals surface area (Å²) in [5.74, 6) is 0. The molecule has 0 aliphatic carbocycles.